The number of fused-ring (bicyclic) bond motifs is 1. The molecule has 2 aliphatic rings. The maximum absolute atomic E-state index is 9.71. The molecule has 0 radical (unpaired) electrons. The van der Waals surface area contributed by atoms with Gasteiger partial charge < -0.3 is 21.0 Å². The minimum atomic E-state index is 0.0163. The number of anilines is 1. The minimum absolute atomic E-state index is 0.0163. The number of aliphatic hydroxyl groups is 1. The lowest BCUT2D eigenvalue weighted by Crippen LogP contribution is -2.15. The topological polar surface area (TPSA) is 81.3 Å². The molecule has 0 bridgehead atoms. The van der Waals surface area contributed by atoms with Crippen LogP contribution in [0.2, 0.25) is 0 Å². The van der Waals surface area contributed by atoms with E-state index in [1.807, 2.05) is 0 Å². The number of nitrogens with one attached hydrogen (secondary N) is 2. The predicted molar refractivity (Wildman–Crippen MR) is 59.7 cm³/mol. The van der Waals surface area contributed by atoms with Crippen LogP contribution in [0.3, 0.4) is 0 Å². The van der Waals surface area contributed by atoms with Crippen molar-refractivity contribution in [2.24, 2.45) is 0 Å². The van der Waals surface area contributed by atoms with Crippen molar-refractivity contribution in [2.75, 3.05) is 18.5 Å². The van der Waals surface area contributed by atoms with Gasteiger partial charge in [0.05, 0.1) is 17.7 Å². The summed E-state index contributed by atoms with van der Waals surface area (Å²) in [5, 5.41) is 29.5. The summed E-state index contributed by atoms with van der Waals surface area (Å²) >= 11 is 0. The van der Waals surface area contributed by atoms with Crippen LogP contribution in [0.1, 0.15) is 0 Å². The second-order valence-corrected chi connectivity index (χ2v) is 3.43. The second-order valence-electron chi connectivity index (χ2n) is 3.43. The van der Waals surface area contributed by atoms with Gasteiger partial charge in [0.1, 0.15) is 5.69 Å². The fraction of sp³-hybridized carbons (Fsp3) is 0.182. The monoisotopic (exact) mass is 219 g/mol. The Balaban J connectivity index is 2.59. The van der Waals surface area contributed by atoms with Gasteiger partial charge in [-0.1, -0.05) is 0 Å². The van der Waals surface area contributed by atoms with Crippen LogP contribution in [0.15, 0.2) is 30.5 Å². The number of hydrogen-bond acceptors (Lipinski definition) is 4. The molecule has 0 amide bonds. The Morgan fingerprint density at radius 1 is 1.31 bits per heavy atom. The Labute approximate surface area is 92.4 Å². The molecule has 0 fully saturated rings. The summed E-state index contributed by atoms with van der Waals surface area (Å²) in [6, 6.07) is 6.82. The SMILES string of the molecule is N=c1ccc(NCCO)c2n(O)cccc1-2. The number of benzene rings is 1. The van der Waals surface area contributed by atoms with Crippen molar-refractivity contribution in [1.82, 2.24) is 4.73 Å². The Kier molecular flexibility index (Phi) is 2.78. The summed E-state index contributed by atoms with van der Waals surface area (Å²) in [5.74, 6) is 0. The summed E-state index contributed by atoms with van der Waals surface area (Å²) in [6.45, 7) is 0.420. The van der Waals surface area contributed by atoms with Gasteiger partial charge in [-0.05, 0) is 24.3 Å². The van der Waals surface area contributed by atoms with E-state index in [0.717, 1.165) is 4.73 Å². The van der Waals surface area contributed by atoms with Crippen LogP contribution < -0.4 is 10.7 Å². The third-order valence-corrected chi connectivity index (χ3v) is 2.36. The number of hydrogen-bond donors (Lipinski definition) is 4. The molecule has 5 heteroatoms. The third-order valence-electron chi connectivity index (χ3n) is 2.36. The average molecular weight is 219 g/mol. The highest BCUT2D eigenvalue weighted by atomic mass is 16.5. The molecule has 4 N–H and O–H groups in total. The van der Waals surface area contributed by atoms with Gasteiger partial charge in [0, 0.05) is 18.3 Å². The molecule has 1 aliphatic carbocycles. The van der Waals surface area contributed by atoms with E-state index in [9.17, 15) is 5.21 Å². The summed E-state index contributed by atoms with van der Waals surface area (Å²) in [4.78, 5) is 0. The van der Waals surface area contributed by atoms with Gasteiger partial charge in [-0.3, -0.25) is 0 Å². The fourth-order valence-electron chi connectivity index (χ4n) is 1.65. The molecule has 0 spiro atoms. The first kappa shape index (κ1) is 10.5. The first-order chi connectivity index (χ1) is 7.74. The van der Waals surface area contributed by atoms with E-state index >= 15 is 0 Å². The van der Waals surface area contributed by atoms with Gasteiger partial charge >= 0.3 is 0 Å². The molecule has 0 aromatic rings. The van der Waals surface area contributed by atoms with Crippen molar-refractivity contribution < 1.29 is 10.3 Å². The van der Waals surface area contributed by atoms with Gasteiger partial charge in [-0.25, -0.2) is 0 Å². The zero-order valence-electron chi connectivity index (χ0n) is 8.64. The summed E-state index contributed by atoms with van der Waals surface area (Å²) in [5.41, 5.74) is 1.90. The van der Waals surface area contributed by atoms with E-state index in [2.05, 4.69) is 5.32 Å². The largest absolute Gasteiger partial charge is 0.428 e. The Hall–Kier alpha value is -2.01. The number of nitrogens with zero attached hydrogens (tertiary/aromatic N) is 1. The van der Waals surface area contributed by atoms with Crippen molar-refractivity contribution in [3.05, 3.63) is 35.8 Å². The van der Waals surface area contributed by atoms with Crippen LogP contribution in [0.4, 0.5) is 5.69 Å². The number of aliphatic hydroxyl groups excluding tert-OH is 1. The molecule has 1 aliphatic heterocycles. The van der Waals surface area contributed by atoms with Gasteiger partial charge in [0.25, 0.3) is 0 Å². The van der Waals surface area contributed by atoms with Crippen molar-refractivity contribution in [1.29, 1.82) is 5.41 Å². The van der Waals surface area contributed by atoms with E-state index in [1.165, 1.54) is 6.20 Å². The first-order valence-electron chi connectivity index (χ1n) is 4.97. The summed E-state index contributed by atoms with van der Waals surface area (Å²) in [7, 11) is 0. The van der Waals surface area contributed by atoms with Crippen LogP contribution in [-0.2, 0) is 0 Å². The lowest BCUT2D eigenvalue weighted by molar-refractivity contribution is 0.189. The molecule has 0 saturated heterocycles. The predicted octanol–water partition coefficient (Wildman–Crippen LogP) is 0.714. The molecule has 16 heavy (non-hydrogen) atoms. The number of aromatic nitrogens is 1. The van der Waals surface area contributed by atoms with Gasteiger partial charge in [-0.15, -0.1) is 0 Å². The highest BCUT2D eigenvalue weighted by molar-refractivity contribution is 5.75. The van der Waals surface area contributed by atoms with Crippen LogP contribution in [0, 0.1) is 5.41 Å². The minimum Gasteiger partial charge on any atom is -0.428 e. The molecule has 0 aromatic carbocycles. The zero-order chi connectivity index (χ0) is 11.5. The highest BCUT2D eigenvalue weighted by Crippen LogP contribution is 2.25. The molecular formula is C11H13N3O2. The molecule has 84 valence electrons. The van der Waals surface area contributed by atoms with Crippen LogP contribution >= 0.6 is 0 Å². The van der Waals surface area contributed by atoms with Crippen LogP contribution in [0.25, 0.3) is 11.3 Å². The van der Waals surface area contributed by atoms with Crippen molar-refractivity contribution in [3.63, 3.8) is 0 Å². The molecule has 1 heterocycles. The van der Waals surface area contributed by atoms with E-state index < -0.39 is 0 Å². The molecule has 0 atom stereocenters. The average Bonchev–Trinajstić information content (AvgIpc) is 2.29. The maximum Gasteiger partial charge on any atom is 0.112 e. The highest BCUT2D eigenvalue weighted by Gasteiger charge is 2.12. The van der Waals surface area contributed by atoms with Crippen molar-refractivity contribution in [2.45, 2.75) is 0 Å². The van der Waals surface area contributed by atoms with Gasteiger partial charge in [0.2, 0.25) is 0 Å². The van der Waals surface area contributed by atoms with E-state index in [1.54, 1.807) is 24.3 Å². The van der Waals surface area contributed by atoms with Crippen molar-refractivity contribution in [3.8, 4) is 11.3 Å². The van der Waals surface area contributed by atoms with E-state index in [4.69, 9.17) is 10.5 Å². The lowest BCUT2D eigenvalue weighted by atomic mass is 10.1. The van der Waals surface area contributed by atoms with Crippen LogP contribution in [0.5, 0.6) is 0 Å². The molecule has 5 nitrogen and oxygen atoms in total. The lowest BCUT2D eigenvalue weighted by Gasteiger charge is -2.15. The molecule has 0 aromatic heterocycles. The smallest absolute Gasteiger partial charge is 0.112 e. The quantitative estimate of drug-likeness (QED) is 0.574. The zero-order valence-corrected chi connectivity index (χ0v) is 8.64. The number of rotatable bonds is 3. The normalized spacial score (nSPS) is 10.6. The van der Waals surface area contributed by atoms with Gasteiger partial charge in [-0.2, -0.15) is 4.73 Å². The molecule has 0 saturated carbocycles. The third kappa shape index (κ3) is 1.72. The Bertz CT molecular complexity index is 521. The Morgan fingerprint density at radius 3 is 2.88 bits per heavy atom. The van der Waals surface area contributed by atoms with E-state index in [0.29, 0.717) is 28.8 Å². The first-order valence-corrected chi connectivity index (χ1v) is 4.97. The molecular weight excluding hydrogens is 206 g/mol. The maximum atomic E-state index is 9.71. The van der Waals surface area contributed by atoms with Crippen LogP contribution in [-0.4, -0.2) is 28.2 Å². The molecule has 0 unspecified atom stereocenters. The number of pyridine rings is 1. The van der Waals surface area contributed by atoms with Crippen molar-refractivity contribution >= 4 is 5.69 Å². The standard InChI is InChI=1S/C11H13N3O2/c12-9-3-4-10(13-5-7-15)11-8(9)2-1-6-14(11)16/h1-4,6,12-13,15-16H,5,7H2. The van der Waals surface area contributed by atoms with Gasteiger partial charge in [0.15, 0.2) is 0 Å². The summed E-state index contributed by atoms with van der Waals surface area (Å²) < 4.78 is 0.979. The molecule has 2 rings (SSSR count). The summed E-state index contributed by atoms with van der Waals surface area (Å²) in [6.07, 6.45) is 1.51. The Morgan fingerprint density at radius 2 is 2.12 bits per heavy atom. The van der Waals surface area contributed by atoms with E-state index in [-0.39, 0.29) is 6.61 Å². The fourth-order valence-corrected chi connectivity index (χ4v) is 1.65. The second kappa shape index (κ2) is 4.24.